The molecular formula is C38H51FN4O5. The highest BCUT2D eigenvalue weighted by Gasteiger charge is 2.55. The molecule has 10 heteroatoms. The highest BCUT2D eigenvalue weighted by Crippen LogP contribution is 2.61. The third-order valence-electron chi connectivity index (χ3n) is 11.7. The summed E-state index contributed by atoms with van der Waals surface area (Å²) in [4.78, 5) is 55.2. The molecule has 2 saturated carbocycles. The van der Waals surface area contributed by atoms with Gasteiger partial charge in [-0.3, -0.25) is 23.5 Å². The lowest BCUT2D eigenvalue weighted by Crippen LogP contribution is -2.54. The number of aromatic nitrogens is 2. The van der Waals surface area contributed by atoms with Gasteiger partial charge in [0.15, 0.2) is 0 Å². The molecule has 1 aromatic carbocycles. The van der Waals surface area contributed by atoms with Crippen molar-refractivity contribution in [2.75, 3.05) is 26.2 Å². The lowest BCUT2D eigenvalue weighted by Gasteiger charge is -2.59. The van der Waals surface area contributed by atoms with E-state index in [1.54, 1.807) is 28.0 Å². The highest BCUT2D eigenvalue weighted by atomic mass is 19.1. The van der Waals surface area contributed by atoms with E-state index in [-0.39, 0.29) is 35.3 Å². The van der Waals surface area contributed by atoms with Gasteiger partial charge in [-0.1, -0.05) is 68.3 Å². The molecular weight excluding hydrogens is 611 g/mol. The molecule has 1 aromatic heterocycles. The molecule has 3 aliphatic rings. The highest BCUT2D eigenvalue weighted by molar-refractivity contribution is 5.88. The molecule has 3 fully saturated rings. The minimum absolute atomic E-state index is 0.0838. The quantitative estimate of drug-likeness (QED) is 0.327. The normalized spacial score (nSPS) is 25.9. The SMILES string of the molecule is C=C1CC[C@@H]2C(C)(C)[C@H](O)CC[C@@]2(C)[C@@H]1CC/C(C)=C/C(=O)N1CCN(C(=O)Cn2cc(F)c(=O)n(Cc3ccc(C)cc3)c2=O)CC1. The average molecular weight is 663 g/mol. The number of aliphatic hydroxyl groups is 1. The summed E-state index contributed by atoms with van der Waals surface area (Å²) in [5.74, 6) is -0.796. The van der Waals surface area contributed by atoms with Gasteiger partial charge in [0, 0.05) is 32.3 Å². The average Bonchev–Trinajstić information content (AvgIpc) is 3.04. The summed E-state index contributed by atoms with van der Waals surface area (Å²) in [5.41, 5.74) is 2.15. The van der Waals surface area contributed by atoms with Crippen LogP contribution in [0.25, 0.3) is 0 Å². The van der Waals surface area contributed by atoms with Crippen LogP contribution in [0.2, 0.25) is 0 Å². The Labute approximate surface area is 282 Å². The molecule has 4 atom stereocenters. The molecule has 0 unspecified atom stereocenters. The van der Waals surface area contributed by atoms with Gasteiger partial charge in [-0.05, 0) is 80.6 Å². The molecule has 2 heterocycles. The van der Waals surface area contributed by atoms with E-state index >= 15 is 0 Å². The molecule has 2 amide bonds. The van der Waals surface area contributed by atoms with Crippen molar-refractivity contribution in [3.8, 4) is 0 Å². The Balaban J connectivity index is 1.16. The number of hydrogen-bond acceptors (Lipinski definition) is 5. The second-order valence-electron chi connectivity index (χ2n) is 15.2. The molecule has 2 aromatic rings. The molecule has 0 radical (unpaired) electrons. The molecule has 9 nitrogen and oxygen atoms in total. The van der Waals surface area contributed by atoms with Gasteiger partial charge in [0.05, 0.1) is 18.8 Å². The molecule has 1 N–H and O–H groups in total. The van der Waals surface area contributed by atoms with Gasteiger partial charge < -0.3 is 14.9 Å². The van der Waals surface area contributed by atoms with Crippen LogP contribution in [-0.4, -0.2) is 68.1 Å². The molecule has 0 bridgehead atoms. The first-order chi connectivity index (χ1) is 22.6. The van der Waals surface area contributed by atoms with Gasteiger partial charge in [0.1, 0.15) is 6.54 Å². The van der Waals surface area contributed by atoms with Crippen molar-refractivity contribution in [2.45, 2.75) is 92.3 Å². The number of amides is 2. The van der Waals surface area contributed by atoms with E-state index in [1.807, 2.05) is 26.0 Å². The van der Waals surface area contributed by atoms with Gasteiger partial charge in [-0.25, -0.2) is 4.79 Å². The van der Waals surface area contributed by atoms with Crippen LogP contribution in [0.5, 0.6) is 0 Å². The Morgan fingerprint density at radius 1 is 1.04 bits per heavy atom. The van der Waals surface area contributed by atoms with Crippen molar-refractivity contribution < 1.29 is 19.1 Å². The first-order valence-electron chi connectivity index (χ1n) is 17.3. The van der Waals surface area contributed by atoms with Crippen LogP contribution in [0.1, 0.15) is 77.3 Å². The Hall–Kier alpha value is -3.79. The molecule has 1 saturated heterocycles. The number of nitrogens with zero attached hydrogens (tertiary/aromatic N) is 4. The topological polar surface area (TPSA) is 105 Å². The molecule has 48 heavy (non-hydrogen) atoms. The minimum atomic E-state index is -1.10. The van der Waals surface area contributed by atoms with Crippen molar-refractivity contribution in [3.05, 3.63) is 92.0 Å². The van der Waals surface area contributed by atoms with Gasteiger partial charge >= 0.3 is 5.69 Å². The first-order valence-corrected chi connectivity index (χ1v) is 17.3. The number of benzene rings is 1. The number of carbonyl (C=O) groups is 2. The monoisotopic (exact) mass is 662 g/mol. The number of aliphatic hydroxyl groups excluding tert-OH is 1. The van der Waals surface area contributed by atoms with E-state index in [0.717, 1.165) is 65.0 Å². The van der Waals surface area contributed by atoms with E-state index in [4.69, 9.17) is 0 Å². The zero-order chi connectivity index (χ0) is 35.0. The molecule has 5 rings (SSSR count). The maximum absolute atomic E-state index is 14.6. The van der Waals surface area contributed by atoms with Crippen LogP contribution in [0.15, 0.2) is 63.9 Å². The van der Waals surface area contributed by atoms with Gasteiger partial charge in [-0.2, -0.15) is 4.39 Å². The van der Waals surface area contributed by atoms with Crippen LogP contribution in [0, 0.1) is 35.4 Å². The number of aryl methyl sites for hydroxylation is 1. The van der Waals surface area contributed by atoms with E-state index < -0.39 is 23.6 Å². The van der Waals surface area contributed by atoms with Crippen molar-refractivity contribution in [2.24, 2.45) is 22.7 Å². The van der Waals surface area contributed by atoms with Crippen molar-refractivity contribution in [1.29, 1.82) is 0 Å². The van der Waals surface area contributed by atoms with Crippen molar-refractivity contribution in [3.63, 3.8) is 0 Å². The predicted molar refractivity (Wildman–Crippen MR) is 184 cm³/mol. The van der Waals surface area contributed by atoms with E-state index in [0.29, 0.717) is 43.6 Å². The number of piperazine rings is 1. The largest absolute Gasteiger partial charge is 0.393 e. The number of halogens is 1. The fraction of sp³-hybridized carbons (Fsp3) is 0.579. The third kappa shape index (κ3) is 7.14. The maximum Gasteiger partial charge on any atom is 0.331 e. The number of hydrogen-bond donors (Lipinski definition) is 1. The van der Waals surface area contributed by atoms with Crippen LogP contribution in [0.3, 0.4) is 0 Å². The third-order valence-corrected chi connectivity index (χ3v) is 11.7. The van der Waals surface area contributed by atoms with Crippen LogP contribution in [0.4, 0.5) is 4.39 Å². The maximum atomic E-state index is 14.6. The van der Waals surface area contributed by atoms with E-state index in [1.165, 1.54) is 5.57 Å². The molecule has 2 aliphatic carbocycles. The summed E-state index contributed by atoms with van der Waals surface area (Å²) in [6, 6.07) is 7.23. The fourth-order valence-corrected chi connectivity index (χ4v) is 8.61. The van der Waals surface area contributed by atoms with E-state index in [2.05, 4.69) is 27.4 Å². The van der Waals surface area contributed by atoms with Gasteiger partial charge in [-0.15, -0.1) is 0 Å². The Morgan fingerprint density at radius 3 is 2.35 bits per heavy atom. The molecule has 0 spiro atoms. The first kappa shape index (κ1) is 35.5. The lowest BCUT2D eigenvalue weighted by molar-refractivity contribution is -0.137. The number of carbonyl (C=O) groups excluding carboxylic acids is 2. The Bertz CT molecular complexity index is 1700. The van der Waals surface area contributed by atoms with E-state index in [9.17, 15) is 28.7 Å². The smallest absolute Gasteiger partial charge is 0.331 e. The van der Waals surface area contributed by atoms with Crippen molar-refractivity contribution in [1.82, 2.24) is 18.9 Å². The molecule has 260 valence electrons. The second kappa shape index (κ2) is 14.0. The summed E-state index contributed by atoms with van der Waals surface area (Å²) in [6.45, 7) is 15.9. The Kier molecular flexibility index (Phi) is 10.3. The minimum Gasteiger partial charge on any atom is -0.393 e. The lowest BCUT2D eigenvalue weighted by atomic mass is 9.46. The second-order valence-corrected chi connectivity index (χ2v) is 15.2. The van der Waals surface area contributed by atoms with Crippen molar-refractivity contribution >= 4 is 11.8 Å². The molecule has 1 aliphatic heterocycles. The van der Waals surface area contributed by atoms with Crippen LogP contribution < -0.4 is 11.2 Å². The zero-order valence-electron chi connectivity index (χ0n) is 29.1. The summed E-state index contributed by atoms with van der Waals surface area (Å²) < 4.78 is 16.3. The van der Waals surface area contributed by atoms with Gasteiger partial charge in [0.25, 0.3) is 5.56 Å². The van der Waals surface area contributed by atoms with Crippen LogP contribution in [-0.2, 0) is 22.7 Å². The number of fused-ring (bicyclic) bond motifs is 1. The summed E-state index contributed by atoms with van der Waals surface area (Å²) in [6.07, 6.45) is 7.76. The number of rotatable bonds is 8. The summed E-state index contributed by atoms with van der Waals surface area (Å²) in [7, 11) is 0. The fourth-order valence-electron chi connectivity index (χ4n) is 8.61. The standard InChI is InChI=1S/C38H51FN4O5/c1-25-7-11-28(12-8-25)22-43-35(47)30(39)23-42(36(43)48)24-34(46)41-19-17-40(18-20-41)33(45)21-26(2)9-13-29-27(3)10-14-31-37(4,5)32(44)15-16-38(29,31)6/h7-8,11-12,21,23,29,31-32,44H,3,9-10,13-20,22,24H2,1-2,4-6H3/b26-21+/t29-,31-,32-,38+/m1/s1. The number of allylic oxidation sites excluding steroid dienone is 2. The summed E-state index contributed by atoms with van der Waals surface area (Å²) in [5, 5.41) is 10.8. The zero-order valence-corrected chi connectivity index (χ0v) is 29.1. The Morgan fingerprint density at radius 2 is 1.69 bits per heavy atom. The predicted octanol–water partition coefficient (Wildman–Crippen LogP) is 4.67. The van der Waals surface area contributed by atoms with Gasteiger partial charge in [0.2, 0.25) is 17.6 Å². The summed E-state index contributed by atoms with van der Waals surface area (Å²) >= 11 is 0. The van der Waals surface area contributed by atoms with Crippen LogP contribution >= 0.6 is 0 Å².